The minimum Gasteiger partial charge on any atom is -0.481 e. The molecule has 0 amide bonds. The number of ether oxygens (including phenoxy) is 2. The monoisotopic (exact) mass is 370 g/mol. The molecule has 0 aromatic carbocycles. The molecule has 5 heteroatoms. The van der Waals surface area contributed by atoms with E-state index in [1.807, 2.05) is 0 Å². The summed E-state index contributed by atoms with van der Waals surface area (Å²) in [5.41, 5.74) is 0. The van der Waals surface area contributed by atoms with Gasteiger partial charge in [-0.2, -0.15) is 0 Å². The molecule has 0 heterocycles. The standard InChI is InChI=1S/C21H38O5/c1-17(2)9-7-5-3-4-6-8-14-25-15-16-26-21(24)19-12-10-18(11-13-19)20(22)23/h17-19H,3-16H2,1-2H3,(H,22,23). The SMILES string of the molecule is CC(C)CCCCCCCCOCCOC(=O)C1CCC(C(=O)O)CC1. The number of aliphatic carboxylic acids is 1. The van der Waals surface area contributed by atoms with Gasteiger partial charge in [-0.15, -0.1) is 0 Å². The highest BCUT2D eigenvalue weighted by Gasteiger charge is 2.30. The van der Waals surface area contributed by atoms with E-state index >= 15 is 0 Å². The molecule has 1 aliphatic carbocycles. The Hall–Kier alpha value is -1.10. The second-order valence-corrected chi connectivity index (χ2v) is 7.97. The maximum absolute atomic E-state index is 12.0. The maximum Gasteiger partial charge on any atom is 0.309 e. The lowest BCUT2D eigenvalue weighted by molar-refractivity contribution is -0.153. The van der Waals surface area contributed by atoms with Crippen molar-refractivity contribution in [2.75, 3.05) is 19.8 Å². The first kappa shape index (κ1) is 22.9. The topological polar surface area (TPSA) is 72.8 Å². The van der Waals surface area contributed by atoms with Gasteiger partial charge >= 0.3 is 11.9 Å². The fraction of sp³-hybridized carbons (Fsp3) is 0.905. The zero-order valence-corrected chi connectivity index (χ0v) is 16.7. The van der Waals surface area contributed by atoms with E-state index in [0.717, 1.165) is 18.9 Å². The first-order valence-electron chi connectivity index (χ1n) is 10.5. The van der Waals surface area contributed by atoms with Gasteiger partial charge in [0, 0.05) is 6.61 Å². The molecule has 152 valence electrons. The van der Waals surface area contributed by atoms with Crippen molar-refractivity contribution in [3.63, 3.8) is 0 Å². The molecule has 0 spiro atoms. The van der Waals surface area contributed by atoms with Crippen molar-refractivity contribution in [3.05, 3.63) is 0 Å². The van der Waals surface area contributed by atoms with Crippen molar-refractivity contribution in [2.45, 2.75) is 84.5 Å². The largest absolute Gasteiger partial charge is 0.481 e. The third-order valence-electron chi connectivity index (χ3n) is 5.20. The summed E-state index contributed by atoms with van der Waals surface area (Å²) in [6.07, 6.45) is 11.3. The van der Waals surface area contributed by atoms with Gasteiger partial charge < -0.3 is 14.6 Å². The van der Waals surface area contributed by atoms with E-state index in [1.54, 1.807) is 0 Å². The summed E-state index contributed by atoms with van der Waals surface area (Å²) in [4.78, 5) is 22.9. The molecule has 26 heavy (non-hydrogen) atoms. The summed E-state index contributed by atoms with van der Waals surface area (Å²) in [6.45, 7) is 6.03. The fourth-order valence-corrected chi connectivity index (χ4v) is 3.46. The van der Waals surface area contributed by atoms with Crippen LogP contribution in [-0.4, -0.2) is 36.9 Å². The van der Waals surface area contributed by atoms with Crippen molar-refractivity contribution < 1.29 is 24.2 Å². The average molecular weight is 371 g/mol. The second-order valence-electron chi connectivity index (χ2n) is 7.97. The summed E-state index contributed by atoms with van der Waals surface area (Å²) in [7, 11) is 0. The Bertz CT molecular complexity index is 386. The lowest BCUT2D eigenvalue weighted by atomic mass is 9.82. The Morgan fingerprint density at radius 2 is 1.42 bits per heavy atom. The lowest BCUT2D eigenvalue weighted by Crippen LogP contribution is -2.27. The van der Waals surface area contributed by atoms with E-state index in [2.05, 4.69) is 13.8 Å². The zero-order chi connectivity index (χ0) is 19.2. The van der Waals surface area contributed by atoms with Crippen molar-refractivity contribution >= 4 is 11.9 Å². The van der Waals surface area contributed by atoms with Crippen LogP contribution in [0.5, 0.6) is 0 Å². The van der Waals surface area contributed by atoms with E-state index in [1.165, 1.54) is 38.5 Å². The Kier molecular flexibility index (Phi) is 12.4. The number of hydrogen-bond donors (Lipinski definition) is 1. The molecule has 0 radical (unpaired) electrons. The first-order chi connectivity index (χ1) is 12.5. The van der Waals surface area contributed by atoms with Crippen LogP contribution in [0.3, 0.4) is 0 Å². The molecule has 0 aromatic rings. The molecule has 0 unspecified atom stereocenters. The third-order valence-corrected chi connectivity index (χ3v) is 5.20. The molecule has 5 nitrogen and oxygen atoms in total. The molecule has 1 aliphatic rings. The quantitative estimate of drug-likeness (QED) is 0.350. The fourth-order valence-electron chi connectivity index (χ4n) is 3.46. The van der Waals surface area contributed by atoms with Crippen molar-refractivity contribution in [3.8, 4) is 0 Å². The van der Waals surface area contributed by atoms with Crippen molar-refractivity contribution in [1.82, 2.24) is 0 Å². The van der Waals surface area contributed by atoms with Gasteiger partial charge in [0.05, 0.1) is 18.4 Å². The van der Waals surface area contributed by atoms with Gasteiger partial charge in [0.15, 0.2) is 0 Å². The highest BCUT2D eigenvalue weighted by Crippen LogP contribution is 2.29. The number of hydrogen-bond acceptors (Lipinski definition) is 4. The number of esters is 1. The van der Waals surface area contributed by atoms with E-state index in [9.17, 15) is 9.59 Å². The first-order valence-corrected chi connectivity index (χ1v) is 10.5. The van der Waals surface area contributed by atoms with Crippen LogP contribution in [0.1, 0.15) is 84.5 Å². The zero-order valence-electron chi connectivity index (χ0n) is 16.7. The predicted octanol–water partition coefficient (Wildman–Crippen LogP) is 4.82. The van der Waals surface area contributed by atoms with Crippen LogP contribution in [0.25, 0.3) is 0 Å². The van der Waals surface area contributed by atoms with Crippen molar-refractivity contribution in [2.24, 2.45) is 17.8 Å². The van der Waals surface area contributed by atoms with Crippen LogP contribution in [0.15, 0.2) is 0 Å². The predicted molar refractivity (Wildman–Crippen MR) is 102 cm³/mol. The van der Waals surface area contributed by atoms with E-state index < -0.39 is 5.97 Å². The molecule has 0 atom stereocenters. The maximum atomic E-state index is 12.0. The second kappa shape index (κ2) is 14.0. The molecule has 1 saturated carbocycles. The van der Waals surface area contributed by atoms with Gasteiger partial charge in [-0.25, -0.2) is 0 Å². The van der Waals surface area contributed by atoms with E-state index in [-0.39, 0.29) is 17.8 Å². The Balaban J connectivity index is 1.87. The van der Waals surface area contributed by atoms with Crippen LogP contribution < -0.4 is 0 Å². The van der Waals surface area contributed by atoms with E-state index in [4.69, 9.17) is 14.6 Å². The van der Waals surface area contributed by atoms with Crippen LogP contribution in [-0.2, 0) is 19.1 Å². The van der Waals surface area contributed by atoms with Gasteiger partial charge in [0.2, 0.25) is 0 Å². The van der Waals surface area contributed by atoms with Crippen LogP contribution in [0, 0.1) is 17.8 Å². The van der Waals surface area contributed by atoms with Gasteiger partial charge in [0.1, 0.15) is 6.61 Å². The Labute approximate surface area is 158 Å². The highest BCUT2D eigenvalue weighted by atomic mass is 16.6. The summed E-state index contributed by atoms with van der Waals surface area (Å²) in [6, 6.07) is 0. The summed E-state index contributed by atoms with van der Waals surface area (Å²) < 4.78 is 10.8. The van der Waals surface area contributed by atoms with Crippen LogP contribution in [0.2, 0.25) is 0 Å². The Morgan fingerprint density at radius 1 is 0.846 bits per heavy atom. The minimum atomic E-state index is -0.749. The normalized spacial score (nSPS) is 20.3. The molecule has 0 bridgehead atoms. The van der Waals surface area contributed by atoms with Gasteiger partial charge in [-0.3, -0.25) is 9.59 Å². The summed E-state index contributed by atoms with van der Waals surface area (Å²) >= 11 is 0. The summed E-state index contributed by atoms with van der Waals surface area (Å²) in [5.74, 6) is -0.559. The Morgan fingerprint density at radius 3 is 2.04 bits per heavy atom. The number of carbonyl (C=O) groups is 2. The van der Waals surface area contributed by atoms with Gasteiger partial charge in [-0.05, 0) is 38.0 Å². The number of unbranched alkanes of at least 4 members (excludes halogenated alkanes) is 5. The van der Waals surface area contributed by atoms with Gasteiger partial charge in [0.25, 0.3) is 0 Å². The number of carbonyl (C=O) groups excluding carboxylic acids is 1. The molecule has 0 aromatic heterocycles. The van der Waals surface area contributed by atoms with Gasteiger partial charge in [-0.1, -0.05) is 52.4 Å². The number of carboxylic acids is 1. The number of rotatable bonds is 14. The highest BCUT2D eigenvalue weighted by molar-refractivity contribution is 5.74. The number of carboxylic acid groups (broad SMARTS) is 1. The molecule has 1 N–H and O–H groups in total. The summed E-state index contributed by atoms with van der Waals surface area (Å²) in [5, 5.41) is 8.97. The molecular formula is C21H38O5. The minimum absolute atomic E-state index is 0.138. The van der Waals surface area contributed by atoms with Crippen LogP contribution >= 0.6 is 0 Å². The smallest absolute Gasteiger partial charge is 0.309 e. The average Bonchev–Trinajstić information content (AvgIpc) is 2.62. The molecular weight excluding hydrogens is 332 g/mol. The van der Waals surface area contributed by atoms with Crippen LogP contribution in [0.4, 0.5) is 0 Å². The van der Waals surface area contributed by atoms with E-state index in [0.29, 0.717) is 38.9 Å². The molecule has 1 fully saturated rings. The van der Waals surface area contributed by atoms with Crippen molar-refractivity contribution in [1.29, 1.82) is 0 Å². The molecule has 0 aliphatic heterocycles. The lowest BCUT2D eigenvalue weighted by Gasteiger charge is -2.24. The molecule has 1 rings (SSSR count). The molecule has 0 saturated heterocycles. The third kappa shape index (κ3) is 10.8.